The Labute approximate surface area is 78.4 Å². The Morgan fingerprint density at radius 1 is 1.54 bits per heavy atom. The van der Waals surface area contributed by atoms with Gasteiger partial charge in [0.2, 0.25) is 5.91 Å². The molecule has 1 unspecified atom stereocenters. The molecule has 2 atom stereocenters. The third-order valence-corrected chi connectivity index (χ3v) is 2.43. The second kappa shape index (κ2) is 4.07. The van der Waals surface area contributed by atoms with E-state index in [9.17, 15) is 4.79 Å². The molecule has 1 aliphatic rings. The van der Waals surface area contributed by atoms with Gasteiger partial charge in [-0.3, -0.25) is 9.63 Å². The SMILES string of the molecule is CC(C)C(C)C(=O)N1C[C@H](O)CO1. The number of nitrogens with zero attached hydrogens (tertiary/aromatic N) is 1. The maximum Gasteiger partial charge on any atom is 0.249 e. The number of rotatable bonds is 2. The van der Waals surface area contributed by atoms with E-state index in [2.05, 4.69) is 0 Å². The lowest BCUT2D eigenvalue weighted by Gasteiger charge is -2.20. The summed E-state index contributed by atoms with van der Waals surface area (Å²) in [6, 6.07) is 0. The van der Waals surface area contributed by atoms with Crippen molar-refractivity contribution in [3.05, 3.63) is 0 Å². The molecule has 1 N–H and O–H groups in total. The number of aliphatic hydroxyl groups is 1. The molecular weight excluding hydrogens is 170 g/mol. The molecule has 0 bridgehead atoms. The van der Waals surface area contributed by atoms with E-state index < -0.39 is 6.10 Å². The molecule has 76 valence electrons. The van der Waals surface area contributed by atoms with Crippen LogP contribution in [0.1, 0.15) is 20.8 Å². The molecule has 0 aromatic carbocycles. The predicted molar refractivity (Wildman–Crippen MR) is 47.7 cm³/mol. The number of β-amino-alcohol motifs (C(OH)–C–C–N with tert-alkyl or cyclic N) is 1. The molecule has 0 aromatic heterocycles. The highest BCUT2D eigenvalue weighted by atomic mass is 16.7. The first-order chi connectivity index (χ1) is 6.02. The molecular formula is C9H17NO3. The van der Waals surface area contributed by atoms with Crippen LogP contribution < -0.4 is 0 Å². The van der Waals surface area contributed by atoms with Crippen molar-refractivity contribution in [2.45, 2.75) is 26.9 Å². The molecule has 1 aliphatic heterocycles. The van der Waals surface area contributed by atoms with Crippen molar-refractivity contribution in [1.82, 2.24) is 5.06 Å². The van der Waals surface area contributed by atoms with E-state index in [0.717, 1.165) is 0 Å². The average Bonchev–Trinajstić information content (AvgIpc) is 2.49. The Hall–Kier alpha value is -0.610. The zero-order valence-electron chi connectivity index (χ0n) is 8.36. The minimum Gasteiger partial charge on any atom is -0.389 e. The molecule has 1 amide bonds. The maximum atomic E-state index is 11.6. The van der Waals surface area contributed by atoms with Gasteiger partial charge in [0, 0.05) is 5.92 Å². The summed E-state index contributed by atoms with van der Waals surface area (Å²) in [5, 5.41) is 10.4. The lowest BCUT2D eigenvalue weighted by molar-refractivity contribution is -0.174. The monoisotopic (exact) mass is 187 g/mol. The Kier molecular flexibility index (Phi) is 3.27. The van der Waals surface area contributed by atoms with Crippen LogP contribution in [0.5, 0.6) is 0 Å². The summed E-state index contributed by atoms with van der Waals surface area (Å²) in [4.78, 5) is 16.7. The Morgan fingerprint density at radius 3 is 2.54 bits per heavy atom. The first-order valence-electron chi connectivity index (χ1n) is 4.64. The van der Waals surface area contributed by atoms with Gasteiger partial charge in [0.1, 0.15) is 6.61 Å². The van der Waals surface area contributed by atoms with Crippen molar-refractivity contribution >= 4 is 5.91 Å². The molecule has 0 saturated carbocycles. The molecule has 1 heterocycles. The topological polar surface area (TPSA) is 49.8 Å². The fourth-order valence-corrected chi connectivity index (χ4v) is 1.14. The summed E-state index contributed by atoms with van der Waals surface area (Å²) < 4.78 is 0. The number of hydrogen-bond donors (Lipinski definition) is 1. The second-order valence-electron chi connectivity index (χ2n) is 3.88. The molecule has 0 spiro atoms. The van der Waals surface area contributed by atoms with Crippen LogP contribution in [-0.2, 0) is 9.63 Å². The van der Waals surface area contributed by atoms with Crippen LogP contribution in [0.3, 0.4) is 0 Å². The number of aliphatic hydroxyl groups excluding tert-OH is 1. The summed E-state index contributed by atoms with van der Waals surface area (Å²) in [6.45, 7) is 6.40. The molecule has 0 aliphatic carbocycles. The lowest BCUT2D eigenvalue weighted by atomic mass is 9.97. The molecule has 1 saturated heterocycles. The first-order valence-corrected chi connectivity index (χ1v) is 4.64. The third kappa shape index (κ3) is 2.42. The summed E-state index contributed by atoms with van der Waals surface area (Å²) in [6.07, 6.45) is -0.525. The van der Waals surface area contributed by atoms with E-state index in [4.69, 9.17) is 9.94 Å². The molecule has 0 aromatic rings. The highest BCUT2D eigenvalue weighted by Gasteiger charge is 2.30. The van der Waals surface area contributed by atoms with Crippen molar-refractivity contribution in [3.63, 3.8) is 0 Å². The zero-order chi connectivity index (χ0) is 10.0. The normalized spacial score (nSPS) is 25.3. The smallest absolute Gasteiger partial charge is 0.249 e. The van der Waals surface area contributed by atoms with Gasteiger partial charge in [-0.05, 0) is 5.92 Å². The van der Waals surface area contributed by atoms with E-state index in [-0.39, 0.29) is 18.4 Å². The van der Waals surface area contributed by atoms with Crippen LogP contribution in [-0.4, -0.2) is 35.3 Å². The van der Waals surface area contributed by atoms with Crippen molar-refractivity contribution in [1.29, 1.82) is 0 Å². The Balaban J connectivity index is 2.48. The van der Waals surface area contributed by atoms with Gasteiger partial charge < -0.3 is 5.11 Å². The van der Waals surface area contributed by atoms with Crippen molar-refractivity contribution in [2.75, 3.05) is 13.2 Å². The molecule has 1 rings (SSSR count). The number of carbonyl (C=O) groups excluding carboxylic acids is 1. The van der Waals surface area contributed by atoms with E-state index in [1.54, 1.807) is 0 Å². The zero-order valence-corrected chi connectivity index (χ0v) is 8.36. The molecule has 13 heavy (non-hydrogen) atoms. The maximum absolute atomic E-state index is 11.6. The van der Waals surface area contributed by atoms with Gasteiger partial charge in [-0.15, -0.1) is 0 Å². The van der Waals surface area contributed by atoms with Crippen LogP contribution in [0.4, 0.5) is 0 Å². The van der Waals surface area contributed by atoms with Crippen LogP contribution >= 0.6 is 0 Å². The molecule has 0 radical (unpaired) electrons. The van der Waals surface area contributed by atoms with Gasteiger partial charge in [-0.2, -0.15) is 0 Å². The quantitative estimate of drug-likeness (QED) is 0.681. The largest absolute Gasteiger partial charge is 0.389 e. The minimum absolute atomic E-state index is 0.0356. The van der Waals surface area contributed by atoms with E-state index >= 15 is 0 Å². The average molecular weight is 187 g/mol. The fraction of sp³-hybridized carbons (Fsp3) is 0.889. The molecule has 4 nitrogen and oxygen atoms in total. The highest BCUT2D eigenvalue weighted by Crippen LogP contribution is 2.16. The van der Waals surface area contributed by atoms with Crippen LogP contribution in [0.2, 0.25) is 0 Å². The summed E-state index contributed by atoms with van der Waals surface area (Å²) >= 11 is 0. The van der Waals surface area contributed by atoms with Crippen LogP contribution in [0.25, 0.3) is 0 Å². The van der Waals surface area contributed by atoms with E-state index in [0.29, 0.717) is 12.5 Å². The first kappa shape index (κ1) is 10.5. The Morgan fingerprint density at radius 2 is 2.15 bits per heavy atom. The number of hydroxylamine groups is 2. The summed E-state index contributed by atoms with van der Waals surface area (Å²) in [5.41, 5.74) is 0. The highest BCUT2D eigenvalue weighted by molar-refractivity contribution is 5.77. The fourth-order valence-electron chi connectivity index (χ4n) is 1.14. The van der Waals surface area contributed by atoms with Gasteiger partial charge in [-0.25, -0.2) is 5.06 Å². The van der Waals surface area contributed by atoms with Crippen molar-refractivity contribution in [3.8, 4) is 0 Å². The van der Waals surface area contributed by atoms with Crippen molar-refractivity contribution in [2.24, 2.45) is 11.8 Å². The molecule has 1 fully saturated rings. The number of amides is 1. The van der Waals surface area contributed by atoms with E-state index in [1.807, 2.05) is 20.8 Å². The number of hydrogen-bond acceptors (Lipinski definition) is 3. The van der Waals surface area contributed by atoms with Gasteiger partial charge in [0.15, 0.2) is 0 Å². The predicted octanol–water partition coefficient (Wildman–Crippen LogP) is 0.413. The summed E-state index contributed by atoms with van der Waals surface area (Å²) in [7, 11) is 0. The van der Waals surface area contributed by atoms with Gasteiger partial charge in [-0.1, -0.05) is 20.8 Å². The van der Waals surface area contributed by atoms with Gasteiger partial charge in [0.25, 0.3) is 0 Å². The molecule has 4 heteroatoms. The summed E-state index contributed by atoms with van der Waals surface area (Å²) in [5.74, 6) is 0.214. The van der Waals surface area contributed by atoms with E-state index in [1.165, 1.54) is 5.06 Å². The van der Waals surface area contributed by atoms with Gasteiger partial charge >= 0.3 is 0 Å². The minimum atomic E-state index is -0.525. The van der Waals surface area contributed by atoms with Crippen LogP contribution in [0, 0.1) is 11.8 Å². The lowest BCUT2D eigenvalue weighted by Crippen LogP contribution is -2.34. The van der Waals surface area contributed by atoms with Gasteiger partial charge in [0.05, 0.1) is 12.6 Å². The Bertz CT molecular complexity index is 193. The van der Waals surface area contributed by atoms with Crippen molar-refractivity contribution < 1.29 is 14.7 Å². The third-order valence-electron chi connectivity index (χ3n) is 2.43. The second-order valence-corrected chi connectivity index (χ2v) is 3.88. The van der Waals surface area contributed by atoms with Crippen LogP contribution in [0.15, 0.2) is 0 Å². The number of carbonyl (C=O) groups is 1. The standard InChI is InChI=1S/C9H17NO3/c1-6(2)7(3)9(12)10-4-8(11)5-13-10/h6-8,11H,4-5H2,1-3H3/t7?,8-/m0/s1.